The number of ether oxygens (including phenoxy) is 1. The van der Waals surface area contributed by atoms with E-state index < -0.39 is 5.97 Å². The predicted molar refractivity (Wildman–Crippen MR) is 76.4 cm³/mol. The highest BCUT2D eigenvalue weighted by molar-refractivity contribution is 14.1. The van der Waals surface area contributed by atoms with Crippen LogP contribution >= 0.6 is 22.6 Å². The molecule has 0 aliphatic carbocycles. The van der Waals surface area contributed by atoms with Gasteiger partial charge in [0.2, 0.25) is 5.89 Å². The van der Waals surface area contributed by atoms with Crippen LogP contribution in [-0.2, 0) is 6.61 Å². The lowest BCUT2D eigenvalue weighted by molar-refractivity contribution is 0.0691. The summed E-state index contributed by atoms with van der Waals surface area (Å²) >= 11 is 2.05. The van der Waals surface area contributed by atoms with Gasteiger partial charge in [-0.05, 0) is 54.6 Å². The highest BCUT2D eigenvalue weighted by atomic mass is 127. The standard InChI is InChI=1S/C13H12INO4/c1-7-8(2)19-12(15-7)6-18-11-4-3-9(14)5-10(11)13(16)17/h3-5H,6H2,1-2H3,(H,16,17). The lowest BCUT2D eigenvalue weighted by Gasteiger charge is -2.07. The van der Waals surface area contributed by atoms with Crippen molar-refractivity contribution in [1.29, 1.82) is 0 Å². The first-order valence-electron chi connectivity index (χ1n) is 5.56. The molecule has 0 radical (unpaired) electrons. The zero-order valence-electron chi connectivity index (χ0n) is 10.4. The van der Waals surface area contributed by atoms with E-state index in [1.165, 1.54) is 0 Å². The molecule has 1 aromatic carbocycles. The molecule has 0 aliphatic rings. The topological polar surface area (TPSA) is 72.6 Å². The number of oxazole rings is 1. The number of hydrogen-bond donors (Lipinski definition) is 1. The van der Waals surface area contributed by atoms with Gasteiger partial charge in [-0.3, -0.25) is 0 Å². The van der Waals surface area contributed by atoms with Gasteiger partial charge in [-0.25, -0.2) is 9.78 Å². The van der Waals surface area contributed by atoms with Gasteiger partial charge in [-0.2, -0.15) is 0 Å². The average Bonchev–Trinajstić information content (AvgIpc) is 2.67. The van der Waals surface area contributed by atoms with Gasteiger partial charge in [0, 0.05) is 3.57 Å². The Morgan fingerprint density at radius 1 is 1.47 bits per heavy atom. The molecule has 1 N–H and O–H groups in total. The number of nitrogens with zero attached hydrogens (tertiary/aromatic N) is 1. The van der Waals surface area contributed by atoms with Crippen LogP contribution in [0.4, 0.5) is 0 Å². The molecule has 0 amide bonds. The van der Waals surface area contributed by atoms with Crippen molar-refractivity contribution < 1.29 is 19.1 Å². The SMILES string of the molecule is Cc1nc(COc2ccc(I)cc2C(=O)O)oc1C. The molecule has 0 saturated carbocycles. The van der Waals surface area contributed by atoms with Gasteiger partial charge in [-0.1, -0.05) is 0 Å². The van der Waals surface area contributed by atoms with Gasteiger partial charge in [-0.15, -0.1) is 0 Å². The summed E-state index contributed by atoms with van der Waals surface area (Å²) in [5.74, 6) is 0.458. The quantitative estimate of drug-likeness (QED) is 0.834. The highest BCUT2D eigenvalue weighted by Crippen LogP contribution is 2.22. The van der Waals surface area contributed by atoms with Crippen molar-refractivity contribution in [2.24, 2.45) is 0 Å². The van der Waals surface area contributed by atoms with Gasteiger partial charge in [0.25, 0.3) is 0 Å². The van der Waals surface area contributed by atoms with Crippen LogP contribution in [0.5, 0.6) is 5.75 Å². The van der Waals surface area contributed by atoms with E-state index in [0.717, 1.165) is 15.0 Å². The summed E-state index contributed by atoms with van der Waals surface area (Å²) in [5.41, 5.74) is 0.937. The Balaban J connectivity index is 2.17. The third-order valence-corrected chi connectivity index (χ3v) is 3.27. The number of carboxylic acid groups (broad SMARTS) is 1. The van der Waals surface area contributed by atoms with Crippen molar-refractivity contribution in [3.63, 3.8) is 0 Å². The summed E-state index contributed by atoms with van der Waals surface area (Å²) in [6.45, 7) is 3.77. The smallest absolute Gasteiger partial charge is 0.339 e. The molecule has 0 fully saturated rings. The summed E-state index contributed by atoms with van der Waals surface area (Å²) in [4.78, 5) is 15.3. The van der Waals surface area contributed by atoms with Gasteiger partial charge in [0.1, 0.15) is 17.1 Å². The second kappa shape index (κ2) is 5.60. The Hall–Kier alpha value is -1.57. The molecule has 19 heavy (non-hydrogen) atoms. The van der Waals surface area contributed by atoms with E-state index >= 15 is 0 Å². The highest BCUT2D eigenvalue weighted by Gasteiger charge is 2.13. The summed E-state index contributed by atoms with van der Waals surface area (Å²) < 4.78 is 11.7. The maximum absolute atomic E-state index is 11.1. The zero-order chi connectivity index (χ0) is 14.0. The number of rotatable bonds is 4. The molecule has 1 aromatic heterocycles. The normalized spacial score (nSPS) is 10.5. The molecule has 2 aromatic rings. The number of aromatic carboxylic acids is 1. The van der Waals surface area contributed by atoms with Crippen LogP contribution in [0.15, 0.2) is 22.6 Å². The Labute approximate surface area is 123 Å². The summed E-state index contributed by atoms with van der Waals surface area (Å²) in [5, 5.41) is 9.11. The molecular weight excluding hydrogens is 361 g/mol. The maximum Gasteiger partial charge on any atom is 0.339 e. The van der Waals surface area contributed by atoms with Gasteiger partial charge < -0.3 is 14.3 Å². The monoisotopic (exact) mass is 373 g/mol. The number of halogens is 1. The molecule has 0 atom stereocenters. The molecule has 6 heteroatoms. The summed E-state index contributed by atoms with van der Waals surface area (Å²) in [7, 11) is 0. The largest absolute Gasteiger partial charge is 0.483 e. The molecule has 0 spiro atoms. The Bertz CT molecular complexity index is 602. The molecule has 0 bridgehead atoms. The molecule has 0 aliphatic heterocycles. The molecule has 0 unspecified atom stereocenters. The Morgan fingerprint density at radius 2 is 2.21 bits per heavy atom. The third-order valence-electron chi connectivity index (χ3n) is 2.60. The first kappa shape index (κ1) is 13.9. The van der Waals surface area contributed by atoms with E-state index in [-0.39, 0.29) is 12.2 Å². The molecule has 0 saturated heterocycles. The fourth-order valence-corrected chi connectivity index (χ4v) is 2.03. The predicted octanol–water partition coefficient (Wildman–Crippen LogP) is 3.17. The Morgan fingerprint density at radius 3 is 2.79 bits per heavy atom. The van der Waals surface area contributed by atoms with Crippen molar-refractivity contribution in [2.75, 3.05) is 0 Å². The van der Waals surface area contributed by atoms with Crippen molar-refractivity contribution >= 4 is 28.6 Å². The summed E-state index contributed by atoms with van der Waals surface area (Å²) in [6.07, 6.45) is 0. The summed E-state index contributed by atoms with van der Waals surface area (Å²) in [6, 6.07) is 4.98. The van der Waals surface area contributed by atoms with E-state index in [1.807, 2.05) is 13.8 Å². The van der Waals surface area contributed by atoms with Crippen LogP contribution in [0, 0.1) is 17.4 Å². The van der Waals surface area contributed by atoms with Crippen LogP contribution in [-0.4, -0.2) is 16.1 Å². The van der Waals surface area contributed by atoms with Crippen molar-refractivity contribution in [3.8, 4) is 5.75 Å². The fourth-order valence-electron chi connectivity index (χ4n) is 1.54. The number of aromatic nitrogens is 1. The zero-order valence-corrected chi connectivity index (χ0v) is 12.6. The van der Waals surface area contributed by atoms with Gasteiger partial charge in [0.05, 0.1) is 5.69 Å². The van der Waals surface area contributed by atoms with Crippen LogP contribution in [0.25, 0.3) is 0 Å². The lowest BCUT2D eigenvalue weighted by atomic mass is 10.2. The molecular formula is C13H12INO4. The lowest BCUT2D eigenvalue weighted by Crippen LogP contribution is -2.04. The van der Waals surface area contributed by atoms with E-state index in [4.69, 9.17) is 14.3 Å². The first-order valence-corrected chi connectivity index (χ1v) is 6.64. The number of aryl methyl sites for hydroxylation is 2. The van der Waals surface area contributed by atoms with Crippen LogP contribution in [0.2, 0.25) is 0 Å². The number of carboxylic acids is 1. The average molecular weight is 373 g/mol. The van der Waals surface area contributed by atoms with Crippen molar-refractivity contribution in [1.82, 2.24) is 4.98 Å². The minimum atomic E-state index is -1.02. The van der Waals surface area contributed by atoms with Crippen LogP contribution in [0.1, 0.15) is 27.7 Å². The second-order valence-electron chi connectivity index (χ2n) is 3.98. The van der Waals surface area contributed by atoms with E-state index in [1.54, 1.807) is 18.2 Å². The maximum atomic E-state index is 11.1. The Kier molecular flexibility index (Phi) is 4.08. The number of carbonyl (C=O) groups is 1. The van der Waals surface area contributed by atoms with E-state index in [0.29, 0.717) is 11.6 Å². The van der Waals surface area contributed by atoms with Crippen LogP contribution < -0.4 is 4.74 Å². The number of hydrogen-bond acceptors (Lipinski definition) is 4. The molecule has 2 rings (SSSR count). The minimum absolute atomic E-state index is 0.107. The molecule has 1 heterocycles. The second-order valence-corrected chi connectivity index (χ2v) is 5.23. The molecule has 5 nitrogen and oxygen atoms in total. The first-order chi connectivity index (χ1) is 8.97. The van der Waals surface area contributed by atoms with Gasteiger partial charge >= 0.3 is 5.97 Å². The van der Waals surface area contributed by atoms with E-state index in [2.05, 4.69) is 27.6 Å². The minimum Gasteiger partial charge on any atom is -0.483 e. The fraction of sp³-hybridized carbons (Fsp3) is 0.231. The van der Waals surface area contributed by atoms with E-state index in [9.17, 15) is 4.79 Å². The van der Waals surface area contributed by atoms with Gasteiger partial charge in [0.15, 0.2) is 6.61 Å². The number of benzene rings is 1. The van der Waals surface area contributed by atoms with Crippen LogP contribution in [0.3, 0.4) is 0 Å². The van der Waals surface area contributed by atoms with Crippen molar-refractivity contribution in [3.05, 3.63) is 44.7 Å². The third kappa shape index (κ3) is 3.25. The molecule has 100 valence electrons. The van der Waals surface area contributed by atoms with Crippen molar-refractivity contribution in [2.45, 2.75) is 20.5 Å².